The Morgan fingerprint density at radius 2 is 1.68 bits per heavy atom. The lowest BCUT2D eigenvalue weighted by Crippen LogP contribution is -2.59. The van der Waals surface area contributed by atoms with Crippen LogP contribution in [-0.4, -0.2) is 40.9 Å². The minimum atomic E-state index is -0.407. The molecular weight excluding hydrogens is 388 g/mol. The van der Waals surface area contributed by atoms with Crippen LogP contribution in [-0.2, 0) is 9.47 Å². The Kier molecular flexibility index (Phi) is 4.78. The number of hydrogen-bond donors (Lipinski definition) is 2. The van der Waals surface area contributed by atoms with Gasteiger partial charge in [0.25, 0.3) is 0 Å². The van der Waals surface area contributed by atoms with E-state index < -0.39 is 5.79 Å². The Balaban J connectivity index is 1.29. The monoisotopic (exact) mass is 432 g/mol. The van der Waals surface area contributed by atoms with Crippen LogP contribution in [0.5, 0.6) is 0 Å². The highest BCUT2D eigenvalue weighted by molar-refractivity contribution is 5.17. The third kappa shape index (κ3) is 2.74. The third-order valence-electron chi connectivity index (χ3n) is 12.0. The zero-order chi connectivity index (χ0) is 21.8. The fraction of sp³-hybridized carbons (Fsp3) is 1.00. The van der Waals surface area contributed by atoms with Crippen LogP contribution in [0.4, 0.5) is 0 Å². The van der Waals surface area contributed by atoms with Crippen molar-refractivity contribution in [2.75, 3.05) is 6.61 Å². The van der Waals surface area contributed by atoms with Crippen LogP contribution in [0.2, 0.25) is 0 Å². The lowest BCUT2D eigenvalue weighted by atomic mass is 9.43. The van der Waals surface area contributed by atoms with E-state index in [4.69, 9.17) is 9.47 Å². The standard InChI is InChI=1S/C27H44O4/c1-15-7-10-27(30-14-15)16(2)24-22(31-27)12-21-19-6-5-17-11-18(28)8-9-25(17,3)20(19)13-23(29)26(21,24)4/h15-24,28-29H,5-14H2,1-4H3/t15-,16+,17+,18+,19-,20+,21+,22+,23?,24+,25+,26-,27-/m1/s1. The Hall–Kier alpha value is -0.160. The van der Waals surface area contributed by atoms with Gasteiger partial charge in [-0.1, -0.05) is 27.7 Å². The van der Waals surface area contributed by atoms with Crippen LogP contribution in [0.15, 0.2) is 0 Å². The van der Waals surface area contributed by atoms with Crippen LogP contribution >= 0.6 is 0 Å². The summed E-state index contributed by atoms with van der Waals surface area (Å²) in [5.74, 6) is 3.46. The van der Waals surface area contributed by atoms with E-state index in [0.717, 1.165) is 45.1 Å². The quantitative estimate of drug-likeness (QED) is 0.579. The zero-order valence-electron chi connectivity index (χ0n) is 20.1. The van der Waals surface area contributed by atoms with E-state index in [0.29, 0.717) is 46.8 Å². The van der Waals surface area contributed by atoms with E-state index in [2.05, 4.69) is 27.7 Å². The first-order valence-electron chi connectivity index (χ1n) is 13.4. The molecule has 4 saturated carbocycles. The van der Waals surface area contributed by atoms with Gasteiger partial charge in [-0.25, -0.2) is 0 Å². The number of fused-ring (bicyclic) bond motifs is 7. The van der Waals surface area contributed by atoms with Gasteiger partial charge in [0.05, 0.1) is 24.9 Å². The molecule has 31 heavy (non-hydrogen) atoms. The predicted octanol–water partition coefficient (Wildman–Crippen LogP) is 4.76. The second-order valence-electron chi connectivity index (χ2n) is 13.2. The summed E-state index contributed by atoms with van der Waals surface area (Å²) >= 11 is 0. The summed E-state index contributed by atoms with van der Waals surface area (Å²) in [4.78, 5) is 0. The van der Waals surface area contributed by atoms with Gasteiger partial charge in [0.1, 0.15) is 0 Å². The van der Waals surface area contributed by atoms with Crippen molar-refractivity contribution in [2.24, 2.45) is 52.3 Å². The second kappa shape index (κ2) is 6.93. The van der Waals surface area contributed by atoms with E-state index in [1.165, 1.54) is 19.3 Å². The molecule has 0 aromatic heterocycles. The SMILES string of the molecule is C[C@@H]1CC[C@@]2(OC1)O[C@H]1C[C@H]3[C@@H]4CC[C@H]5C[C@@H](O)CC[C@]5(C)[C@H]4CC(O)[C@]3(C)[C@H]1[C@@H]2C. The highest BCUT2D eigenvalue weighted by Crippen LogP contribution is 2.71. The molecule has 4 nitrogen and oxygen atoms in total. The number of ether oxygens (including phenoxy) is 2. The van der Waals surface area contributed by atoms with E-state index in [-0.39, 0.29) is 23.7 Å². The summed E-state index contributed by atoms with van der Waals surface area (Å²) < 4.78 is 13.3. The average Bonchev–Trinajstić information content (AvgIpc) is 3.18. The van der Waals surface area contributed by atoms with Crippen molar-refractivity contribution in [1.29, 1.82) is 0 Å². The van der Waals surface area contributed by atoms with Gasteiger partial charge < -0.3 is 19.7 Å². The Morgan fingerprint density at radius 3 is 2.42 bits per heavy atom. The largest absolute Gasteiger partial charge is 0.393 e. The van der Waals surface area contributed by atoms with Gasteiger partial charge in [0.15, 0.2) is 5.79 Å². The number of aliphatic hydroxyl groups excluding tert-OH is 2. The number of rotatable bonds is 0. The first-order valence-corrected chi connectivity index (χ1v) is 13.4. The van der Waals surface area contributed by atoms with Crippen molar-refractivity contribution in [3.05, 3.63) is 0 Å². The first-order chi connectivity index (χ1) is 14.7. The highest BCUT2D eigenvalue weighted by Gasteiger charge is 2.71. The highest BCUT2D eigenvalue weighted by atomic mass is 16.7. The summed E-state index contributed by atoms with van der Waals surface area (Å²) in [6.45, 7) is 10.3. The Labute approximate surface area is 188 Å². The van der Waals surface area contributed by atoms with Crippen LogP contribution in [0.25, 0.3) is 0 Å². The maximum atomic E-state index is 11.8. The fourth-order valence-corrected chi connectivity index (χ4v) is 10.2. The van der Waals surface area contributed by atoms with Crippen LogP contribution < -0.4 is 0 Å². The van der Waals surface area contributed by atoms with Crippen molar-refractivity contribution in [2.45, 2.75) is 110 Å². The van der Waals surface area contributed by atoms with Gasteiger partial charge >= 0.3 is 0 Å². The maximum Gasteiger partial charge on any atom is 0.171 e. The van der Waals surface area contributed by atoms with E-state index >= 15 is 0 Å². The minimum absolute atomic E-state index is 0.0570. The molecule has 4 aliphatic carbocycles. The van der Waals surface area contributed by atoms with Crippen LogP contribution in [0.1, 0.15) is 85.5 Å². The predicted molar refractivity (Wildman–Crippen MR) is 119 cm³/mol. The molecule has 176 valence electrons. The van der Waals surface area contributed by atoms with Crippen molar-refractivity contribution < 1.29 is 19.7 Å². The van der Waals surface area contributed by atoms with Crippen LogP contribution in [0, 0.1) is 52.3 Å². The molecule has 0 radical (unpaired) electrons. The first kappa shape index (κ1) is 21.4. The fourth-order valence-electron chi connectivity index (χ4n) is 10.2. The normalized spacial score (nSPS) is 63.3. The van der Waals surface area contributed by atoms with Gasteiger partial charge in [-0.15, -0.1) is 0 Å². The van der Waals surface area contributed by atoms with Gasteiger partial charge in [-0.05, 0) is 86.4 Å². The molecule has 2 saturated heterocycles. The third-order valence-corrected chi connectivity index (χ3v) is 12.0. The van der Waals surface area contributed by atoms with Crippen molar-refractivity contribution in [3.8, 4) is 0 Å². The van der Waals surface area contributed by atoms with Gasteiger partial charge in [0, 0.05) is 23.7 Å². The van der Waals surface area contributed by atoms with Gasteiger partial charge in [-0.2, -0.15) is 0 Å². The average molecular weight is 433 g/mol. The molecule has 6 rings (SSSR count). The number of hydrogen-bond acceptors (Lipinski definition) is 4. The second-order valence-corrected chi connectivity index (χ2v) is 13.2. The van der Waals surface area contributed by atoms with Gasteiger partial charge in [-0.3, -0.25) is 0 Å². The van der Waals surface area contributed by atoms with E-state index in [9.17, 15) is 10.2 Å². The molecule has 1 spiro atoms. The van der Waals surface area contributed by atoms with Crippen molar-refractivity contribution in [1.82, 2.24) is 0 Å². The molecule has 0 bridgehead atoms. The Morgan fingerprint density at radius 1 is 0.871 bits per heavy atom. The maximum absolute atomic E-state index is 11.8. The van der Waals surface area contributed by atoms with E-state index in [1.807, 2.05) is 0 Å². The van der Waals surface area contributed by atoms with Gasteiger partial charge in [0.2, 0.25) is 0 Å². The molecule has 0 amide bonds. The molecule has 0 aromatic carbocycles. The summed E-state index contributed by atoms with van der Waals surface area (Å²) in [5.41, 5.74) is 0.233. The molecule has 4 heteroatoms. The summed E-state index contributed by atoms with van der Waals surface area (Å²) in [6, 6.07) is 0. The molecule has 1 unspecified atom stereocenters. The zero-order valence-corrected chi connectivity index (χ0v) is 20.1. The molecule has 6 fully saturated rings. The lowest BCUT2D eigenvalue weighted by Gasteiger charge is -2.62. The molecule has 6 aliphatic rings. The summed E-state index contributed by atoms with van der Waals surface area (Å²) in [5, 5.41) is 22.1. The van der Waals surface area contributed by atoms with Crippen molar-refractivity contribution in [3.63, 3.8) is 0 Å². The molecule has 2 aliphatic heterocycles. The van der Waals surface area contributed by atoms with Crippen molar-refractivity contribution >= 4 is 0 Å². The number of aliphatic hydroxyl groups is 2. The molecule has 2 N–H and O–H groups in total. The smallest absolute Gasteiger partial charge is 0.171 e. The lowest BCUT2D eigenvalue weighted by molar-refractivity contribution is -0.274. The molecular formula is C27H44O4. The summed E-state index contributed by atoms with van der Waals surface area (Å²) in [6.07, 6.45) is 9.70. The molecule has 13 atom stereocenters. The minimum Gasteiger partial charge on any atom is -0.393 e. The van der Waals surface area contributed by atoms with Crippen LogP contribution in [0.3, 0.4) is 0 Å². The molecule has 0 aromatic rings. The summed E-state index contributed by atoms with van der Waals surface area (Å²) in [7, 11) is 0. The Bertz CT molecular complexity index is 716. The molecule has 2 heterocycles. The van der Waals surface area contributed by atoms with E-state index in [1.54, 1.807) is 0 Å². The topological polar surface area (TPSA) is 58.9 Å².